The van der Waals surface area contributed by atoms with Gasteiger partial charge in [-0.05, 0) is 32.1 Å². The Morgan fingerprint density at radius 3 is 2.52 bits per heavy atom. The molecule has 1 aliphatic carbocycles. The summed E-state index contributed by atoms with van der Waals surface area (Å²) < 4.78 is 5.27. The molecule has 4 N–H and O–H groups in total. The molecule has 1 atom stereocenters. The normalized spacial score (nSPS) is 23.0. The summed E-state index contributed by atoms with van der Waals surface area (Å²) in [5.74, 6) is -1.07. The summed E-state index contributed by atoms with van der Waals surface area (Å²) in [6.45, 7) is 1.32. The number of carboxylic acids is 1. The van der Waals surface area contributed by atoms with Crippen molar-refractivity contribution in [3.8, 4) is 0 Å². The molecule has 2 aliphatic rings. The molecule has 154 valence electrons. The summed E-state index contributed by atoms with van der Waals surface area (Å²) in [6, 6.07) is 0.205. The molecule has 8 nitrogen and oxygen atoms in total. The van der Waals surface area contributed by atoms with Crippen LogP contribution in [0.1, 0.15) is 70.6 Å². The summed E-state index contributed by atoms with van der Waals surface area (Å²) in [5.41, 5.74) is -0.762. The lowest BCUT2D eigenvalue weighted by molar-refractivity contribution is -0.139. The molecule has 1 saturated heterocycles. The second kappa shape index (κ2) is 11.1. The summed E-state index contributed by atoms with van der Waals surface area (Å²) in [4.78, 5) is 34.9. The fraction of sp³-hybridized carbons (Fsp3) is 0.842. The molecule has 27 heavy (non-hydrogen) atoms. The van der Waals surface area contributed by atoms with Crippen molar-refractivity contribution in [3.05, 3.63) is 0 Å². The van der Waals surface area contributed by atoms with Crippen LogP contribution >= 0.6 is 0 Å². The zero-order chi connectivity index (χ0) is 19.5. The van der Waals surface area contributed by atoms with Crippen LogP contribution in [0, 0.1) is 0 Å². The van der Waals surface area contributed by atoms with Gasteiger partial charge in [0.2, 0.25) is 5.91 Å². The summed E-state index contributed by atoms with van der Waals surface area (Å²) in [5, 5.41) is 17.8. The standard InChI is InChI=1S/C19H33N3O5/c23-16(22-19(13-17(24)25)10-12-27-14-19)9-5-2-6-11-20-18(26)21-15-7-3-1-4-8-15/h15H,1-14H2,(H,22,23)(H,24,25)(H2,20,21,26). The highest BCUT2D eigenvalue weighted by atomic mass is 16.5. The fourth-order valence-electron chi connectivity index (χ4n) is 3.81. The van der Waals surface area contributed by atoms with E-state index in [1.807, 2.05) is 0 Å². The van der Waals surface area contributed by atoms with Crippen molar-refractivity contribution in [1.82, 2.24) is 16.0 Å². The Balaban J connectivity index is 1.52. The van der Waals surface area contributed by atoms with Gasteiger partial charge in [0.05, 0.1) is 18.6 Å². The molecule has 1 unspecified atom stereocenters. The molecule has 0 aromatic rings. The zero-order valence-electron chi connectivity index (χ0n) is 16.1. The lowest BCUT2D eigenvalue weighted by atomic mass is 9.94. The molecule has 3 amide bonds. The topological polar surface area (TPSA) is 117 Å². The largest absolute Gasteiger partial charge is 0.481 e. The molecule has 2 fully saturated rings. The third kappa shape index (κ3) is 8.15. The van der Waals surface area contributed by atoms with Gasteiger partial charge in [-0.1, -0.05) is 25.7 Å². The molecular formula is C19H33N3O5. The Kier molecular flexibility index (Phi) is 8.84. The van der Waals surface area contributed by atoms with Gasteiger partial charge in [-0.15, -0.1) is 0 Å². The average molecular weight is 383 g/mol. The van der Waals surface area contributed by atoms with Crippen LogP contribution < -0.4 is 16.0 Å². The average Bonchev–Trinajstić information content (AvgIpc) is 3.05. The van der Waals surface area contributed by atoms with Crippen molar-refractivity contribution in [3.63, 3.8) is 0 Å². The van der Waals surface area contributed by atoms with Crippen LogP contribution in [-0.2, 0) is 14.3 Å². The SMILES string of the molecule is O=C(O)CC1(NC(=O)CCCCCNC(=O)NC2CCCCC2)CCOC1. The number of rotatable bonds is 10. The minimum Gasteiger partial charge on any atom is -0.481 e. The van der Waals surface area contributed by atoms with Crippen molar-refractivity contribution in [1.29, 1.82) is 0 Å². The molecule has 0 aromatic carbocycles. The first kappa shape index (κ1) is 21.5. The molecule has 2 rings (SSSR count). The van der Waals surface area contributed by atoms with Crippen molar-refractivity contribution in [2.75, 3.05) is 19.8 Å². The van der Waals surface area contributed by atoms with Crippen molar-refractivity contribution in [2.24, 2.45) is 0 Å². The highest BCUT2D eigenvalue weighted by molar-refractivity contribution is 5.78. The van der Waals surface area contributed by atoms with E-state index < -0.39 is 11.5 Å². The number of urea groups is 1. The highest BCUT2D eigenvalue weighted by Gasteiger charge is 2.38. The Morgan fingerprint density at radius 1 is 1.07 bits per heavy atom. The molecule has 1 aliphatic heterocycles. The van der Waals surface area contributed by atoms with E-state index in [4.69, 9.17) is 9.84 Å². The van der Waals surface area contributed by atoms with E-state index >= 15 is 0 Å². The van der Waals surface area contributed by atoms with Gasteiger partial charge in [0.15, 0.2) is 0 Å². The predicted octanol–water partition coefficient (Wildman–Crippen LogP) is 1.93. The van der Waals surface area contributed by atoms with Crippen LogP contribution in [-0.4, -0.2) is 54.4 Å². The molecular weight excluding hydrogens is 350 g/mol. The van der Waals surface area contributed by atoms with Crippen LogP contribution in [0.3, 0.4) is 0 Å². The quantitative estimate of drug-likeness (QED) is 0.430. The Morgan fingerprint density at radius 2 is 1.85 bits per heavy atom. The number of carboxylic acid groups (broad SMARTS) is 1. The van der Waals surface area contributed by atoms with Crippen LogP contribution in [0.5, 0.6) is 0 Å². The van der Waals surface area contributed by atoms with Crippen molar-refractivity contribution < 1.29 is 24.2 Å². The first-order chi connectivity index (χ1) is 13.0. The van der Waals surface area contributed by atoms with E-state index in [-0.39, 0.29) is 25.0 Å². The monoisotopic (exact) mass is 383 g/mol. The molecule has 0 bridgehead atoms. The number of hydrogen-bond acceptors (Lipinski definition) is 4. The van der Waals surface area contributed by atoms with Gasteiger partial charge in [-0.2, -0.15) is 0 Å². The molecule has 1 heterocycles. The Labute approximate surface area is 160 Å². The Bertz CT molecular complexity index is 500. The molecule has 0 spiro atoms. The van der Waals surface area contributed by atoms with Gasteiger partial charge < -0.3 is 25.8 Å². The van der Waals surface area contributed by atoms with Crippen LogP contribution in [0.4, 0.5) is 4.79 Å². The van der Waals surface area contributed by atoms with E-state index in [1.165, 1.54) is 19.3 Å². The molecule has 1 saturated carbocycles. The van der Waals surface area contributed by atoms with E-state index in [1.54, 1.807) is 0 Å². The number of carbonyl (C=O) groups excluding carboxylic acids is 2. The number of nitrogens with one attached hydrogen (secondary N) is 3. The van der Waals surface area contributed by atoms with E-state index in [0.717, 1.165) is 25.7 Å². The number of unbranched alkanes of at least 4 members (excludes halogenated alkanes) is 2. The maximum absolute atomic E-state index is 12.1. The Hall–Kier alpha value is -1.83. The lowest BCUT2D eigenvalue weighted by Gasteiger charge is -2.27. The van der Waals surface area contributed by atoms with Crippen molar-refractivity contribution >= 4 is 17.9 Å². The first-order valence-electron chi connectivity index (χ1n) is 10.1. The van der Waals surface area contributed by atoms with Crippen LogP contribution in [0.15, 0.2) is 0 Å². The smallest absolute Gasteiger partial charge is 0.315 e. The van der Waals surface area contributed by atoms with Crippen molar-refractivity contribution in [2.45, 2.75) is 82.2 Å². The second-order valence-electron chi connectivity index (χ2n) is 7.75. The van der Waals surface area contributed by atoms with Gasteiger partial charge >= 0.3 is 12.0 Å². The summed E-state index contributed by atoms with van der Waals surface area (Å²) in [6.07, 6.45) is 8.90. The molecule has 0 radical (unpaired) electrons. The number of aliphatic carboxylic acids is 1. The predicted molar refractivity (Wildman–Crippen MR) is 100 cm³/mol. The lowest BCUT2D eigenvalue weighted by Crippen LogP contribution is -2.50. The molecule has 8 heteroatoms. The third-order valence-corrected chi connectivity index (χ3v) is 5.30. The van der Waals surface area contributed by atoms with Gasteiger partial charge in [-0.25, -0.2) is 4.79 Å². The summed E-state index contributed by atoms with van der Waals surface area (Å²) in [7, 11) is 0. The maximum atomic E-state index is 12.1. The number of ether oxygens (including phenoxy) is 1. The highest BCUT2D eigenvalue weighted by Crippen LogP contribution is 2.23. The van der Waals surface area contributed by atoms with Crippen LogP contribution in [0.2, 0.25) is 0 Å². The summed E-state index contributed by atoms with van der Waals surface area (Å²) >= 11 is 0. The van der Waals surface area contributed by atoms with Gasteiger partial charge in [0.1, 0.15) is 0 Å². The number of amides is 3. The number of carbonyl (C=O) groups is 3. The van der Waals surface area contributed by atoms with E-state index in [9.17, 15) is 14.4 Å². The zero-order valence-corrected chi connectivity index (χ0v) is 16.1. The third-order valence-electron chi connectivity index (χ3n) is 5.30. The van der Waals surface area contributed by atoms with Gasteiger partial charge in [0, 0.05) is 25.6 Å². The van der Waals surface area contributed by atoms with Gasteiger partial charge in [0.25, 0.3) is 0 Å². The van der Waals surface area contributed by atoms with E-state index in [2.05, 4.69) is 16.0 Å². The minimum atomic E-state index is -0.932. The minimum absolute atomic E-state index is 0.100. The first-order valence-corrected chi connectivity index (χ1v) is 10.1. The maximum Gasteiger partial charge on any atom is 0.315 e. The van der Waals surface area contributed by atoms with Gasteiger partial charge in [-0.3, -0.25) is 9.59 Å². The molecule has 0 aromatic heterocycles. The van der Waals surface area contributed by atoms with E-state index in [0.29, 0.717) is 38.5 Å². The second-order valence-corrected chi connectivity index (χ2v) is 7.75. The van der Waals surface area contributed by atoms with Crippen LogP contribution in [0.25, 0.3) is 0 Å². The number of hydrogen-bond donors (Lipinski definition) is 4. The fourth-order valence-corrected chi connectivity index (χ4v) is 3.81.